The minimum absolute atomic E-state index is 0.679. The topological polar surface area (TPSA) is 38.0 Å². The second-order valence-corrected chi connectivity index (χ2v) is 6.05. The van der Waals surface area contributed by atoms with Crippen molar-refractivity contribution in [2.24, 2.45) is 17.6 Å². The summed E-state index contributed by atoms with van der Waals surface area (Å²) in [6.07, 6.45) is 3.39. The summed E-state index contributed by atoms with van der Waals surface area (Å²) in [6.45, 7) is 9.70. The van der Waals surface area contributed by atoms with E-state index in [9.17, 15) is 0 Å². The van der Waals surface area contributed by atoms with Crippen LogP contribution in [0.25, 0.3) is 0 Å². The van der Waals surface area contributed by atoms with Crippen molar-refractivity contribution in [2.75, 3.05) is 19.6 Å². The molecular weight excluding hydrogens is 232 g/mol. The Kier molecular flexibility index (Phi) is 7.76. The van der Waals surface area contributed by atoms with Crippen LogP contribution < -0.4 is 11.1 Å². The average Bonchev–Trinajstić information content (AvgIpc) is 2.36. The van der Waals surface area contributed by atoms with Crippen molar-refractivity contribution in [3.8, 4) is 0 Å². The Morgan fingerprint density at radius 2 is 1.68 bits per heavy atom. The van der Waals surface area contributed by atoms with Crippen LogP contribution in [0.4, 0.5) is 0 Å². The van der Waals surface area contributed by atoms with E-state index >= 15 is 0 Å². The van der Waals surface area contributed by atoms with Crippen molar-refractivity contribution in [1.29, 1.82) is 0 Å². The number of hydrogen-bond acceptors (Lipinski definition) is 2. The first kappa shape index (κ1) is 16.2. The molecule has 0 aliphatic carbocycles. The van der Waals surface area contributed by atoms with Gasteiger partial charge in [-0.25, -0.2) is 0 Å². The Hall–Kier alpha value is -0.860. The normalized spacial score (nSPS) is 12.9. The van der Waals surface area contributed by atoms with E-state index in [-0.39, 0.29) is 0 Å². The predicted octanol–water partition coefficient (Wildman–Crippen LogP) is 3.00. The molecule has 1 unspecified atom stereocenters. The molecule has 0 fully saturated rings. The smallest absolute Gasteiger partial charge is 0.000824 e. The molecule has 0 spiro atoms. The molecule has 0 heterocycles. The van der Waals surface area contributed by atoms with Gasteiger partial charge < -0.3 is 11.1 Å². The van der Waals surface area contributed by atoms with E-state index < -0.39 is 0 Å². The molecule has 0 aliphatic heterocycles. The zero-order valence-electron chi connectivity index (χ0n) is 12.8. The van der Waals surface area contributed by atoms with Gasteiger partial charge in [-0.15, -0.1) is 0 Å². The Bertz CT molecular complexity index is 330. The van der Waals surface area contributed by atoms with Crippen LogP contribution in [-0.2, 0) is 12.8 Å². The summed E-state index contributed by atoms with van der Waals surface area (Å²) in [6, 6.07) is 9.07. The van der Waals surface area contributed by atoms with Gasteiger partial charge in [0, 0.05) is 0 Å². The highest BCUT2D eigenvalue weighted by Gasteiger charge is 2.01. The number of hydrogen-bond donors (Lipinski definition) is 2. The van der Waals surface area contributed by atoms with Gasteiger partial charge in [-0.05, 0) is 61.9 Å². The van der Waals surface area contributed by atoms with E-state index in [1.165, 1.54) is 17.5 Å². The quantitative estimate of drug-likeness (QED) is 0.671. The van der Waals surface area contributed by atoms with Crippen molar-refractivity contribution in [3.05, 3.63) is 35.4 Å². The summed E-state index contributed by atoms with van der Waals surface area (Å²) in [5.74, 6) is 1.41. The van der Waals surface area contributed by atoms with Crippen LogP contribution in [0.1, 0.15) is 38.3 Å². The molecule has 1 aromatic carbocycles. The van der Waals surface area contributed by atoms with Crippen LogP contribution in [-0.4, -0.2) is 19.6 Å². The zero-order chi connectivity index (χ0) is 14.1. The monoisotopic (exact) mass is 262 g/mol. The third kappa shape index (κ3) is 7.34. The molecule has 0 amide bonds. The lowest BCUT2D eigenvalue weighted by atomic mass is 10.0. The van der Waals surface area contributed by atoms with Gasteiger partial charge in [0.1, 0.15) is 0 Å². The summed E-state index contributed by atoms with van der Waals surface area (Å²) < 4.78 is 0. The second-order valence-electron chi connectivity index (χ2n) is 6.05. The zero-order valence-corrected chi connectivity index (χ0v) is 12.8. The molecular formula is C17H30N2. The van der Waals surface area contributed by atoms with Crippen LogP contribution in [0.15, 0.2) is 24.3 Å². The third-order valence-corrected chi connectivity index (χ3v) is 3.41. The van der Waals surface area contributed by atoms with Crippen LogP contribution in [0, 0.1) is 11.8 Å². The molecule has 1 rings (SSSR count). The molecule has 0 radical (unpaired) electrons. The van der Waals surface area contributed by atoms with Gasteiger partial charge in [0.05, 0.1) is 0 Å². The molecule has 1 aromatic rings. The highest BCUT2D eigenvalue weighted by atomic mass is 14.8. The van der Waals surface area contributed by atoms with Crippen LogP contribution >= 0.6 is 0 Å². The summed E-state index contributed by atoms with van der Waals surface area (Å²) in [7, 11) is 0. The maximum atomic E-state index is 5.55. The van der Waals surface area contributed by atoms with Gasteiger partial charge >= 0.3 is 0 Å². The maximum Gasteiger partial charge on any atom is -0.000824 e. The van der Waals surface area contributed by atoms with Crippen LogP contribution in [0.3, 0.4) is 0 Å². The SMILES string of the molecule is CC(C)Cc1ccc(CCNCC(C)CCN)cc1. The Labute approximate surface area is 118 Å². The molecule has 2 nitrogen and oxygen atoms in total. The second kappa shape index (κ2) is 9.11. The van der Waals surface area contributed by atoms with E-state index in [4.69, 9.17) is 5.73 Å². The summed E-state index contributed by atoms with van der Waals surface area (Å²) in [5.41, 5.74) is 8.42. The predicted molar refractivity (Wildman–Crippen MR) is 84.4 cm³/mol. The van der Waals surface area contributed by atoms with E-state index in [0.717, 1.165) is 38.4 Å². The molecule has 1 atom stereocenters. The number of nitrogens with one attached hydrogen (secondary N) is 1. The highest BCUT2D eigenvalue weighted by molar-refractivity contribution is 5.23. The number of benzene rings is 1. The average molecular weight is 262 g/mol. The van der Waals surface area contributed by atoms with Gasteiger partial charge in [0.15, 0.2) is 0 Å². The van der Waals surface area contributed by atoms with Crippen molar-refractivity contribution >= 4 is 0 Å². The lowest BCUT2D eigenvalue weighted by Crippen LogP contribution is -2.24. The Balaban J connectivity index is 2.22. The molecule has 0 aliphatic rings. The van der Waals surface area contributed by atoms with Crippen molar-refractivity contribution < 1.29 is 0 Å². The van der Waals surface area contributed by atoms with E-state index in [0.29, 0.717) is 5.92 Å². The van der Waals surface area contributed by atoms with E-state index in [1.54, 1.807) is 0 Å². The van der Waals surface area contributed by atoms with Crippen molar-refractivity contribution in [3.63, 3.8) is 0 Å². The van der Waals surface area contributed by atoms with E-state index in [2.05, 4.69) is 50.4 Å². The fourth-order valence-electron chi connectivity index (χ4n) is 2.28. The first-order valence-corrected chi connectivity index (χ1v) is 7.60. The van der Waals surface area contributed by atoms with Crippen molar-refractivity contribution in [2.45, 2.75) is 40.0 Å². The third-order valence-electron chi connectivity index (χ3n) is 3.41. The maximum absolute atomic E-state index is 5.55. The van der Waals surface area contributed by atoms with Gasteiger partial charge in [-0.1, -0.05) is 45.0 Å². The summed E-state index contributed by atoms with van der Waals surface area (Å²) in [4.78, 5) is 0. The summed E-state index contributed by atoms with van der Waals surface area (Å²) in [5, 5.41) is 3.51. The van der Waals surface area contributed by atoms with Gasteiger partial charge in [0.2, 0.25) is 0 Å². The molecule has 0 bridgehead atoms. The molecule has 2 heteroatoms. The Morgan fingerprint density at radius 3 is 2.26 bits per heavy atom. The van der Waals surface area contributed by atoms with Crippen LogP contribution in [0.5, 0.6) is 0 Å². The minimum atomic E-state index is 0.679. The van der Waals surface area contributed by atoms with Gasteiger partial charge in [0.25, 0.3) is 0 Å². The fourth-order valence-corrected chi connectivity index (χ4v) is 2.28. The van der Waals surface area contributed by atoms with Gasteiger partial charge in [-0.3, -0.25) is 0 Å². The number of rotatable bonds is 9. The standard InChI is InChI=1S/C17H30N2/c1-14(2)12-17-6-4-16(5-7-17)9-11-19-13-15(3)8-10-18/h4-7,14-15,19H,8-13,18H2,1-3H3. The largest absolute Gasteiger partial charge is 0.330 e. The van der Waals surface area contributed by atoms with Crippen molar-refractivity contribution in [1.82, 2.24) is 5.32 Å². The van der Waals surface area contributed by atoms with Gasteiger partial charge in [-0.2, -0.15) is 0 Å². The highest BCUT2D eigenvalue weighted by Crippen LogP contribution is 2.10. The molecule has 3 N–H and O–H groups in total. The molecule has 0 saturated heterocycles. The molecule has 0 saturated carbocycles. The molecule has 108 valence electrons. The first-order valence-electron chi connectivity index (χ1n) is 7.60. The molecule has 0 aromatic heterocycles. The lowest BCUT2D eigenvalue weighted by molar-refractivity contribution is 0.489. The molecule has 19 heavy (non-hydrogen) atoms. The Morgan fingerprint density at radius 1 is 1.05 bits per heavy atom. The fraction of sp³-hybridized carbons (Fsp3) is 0.647. The van der Waals surface area contributed by atoms with E-state index in [1.807, 2.05) is 0 Å². The summed E-state index contributed by atoms with van der Waals surface area (Å²) >= 11 is 0. The van der Waals surface area contributed by atoms with Crippen LogP contribution in [0.2, 0.25) is 0 Å². The lowest BCUT2D eigenvalue weighted by Gasteiger charge is -2.11. The minimum Gasteiger partial charge on any atom is -0.330 e. The first-order chi connectivity index (χ1) is 9.11. The number of nitrogens with two attached hydrogens (primary N) is 1.